The van der Waals surface area contributed by atoms with E-state index in [1.807, 2.05) is 0 Å². The number of thiophene rings is 1. The van der Waals surface area contributed by atoms with E-state index < -0.39 is 0 Å². The van der Waals surface area contributed by atoms with Crippen molar-refractivity contribution in [2.45, 2.75) is 44.7 Å². The molecule has 1 fully saturated rings. The van der Waals surface area contributed by atoms with Crippen LogP contribution in [0.15, 0.2) is 16.8 Å². The average Bonchev–Trinajstić information content (AvgIpc) is 2.98. The predicted octanol–water partition coefficient (Wildman–Crippen LogP) is 2.75. The molecule has 2 heterocycles. The first-order valence-corrected chi connectivity index (χ1v) is 7.52. The van der Waals surface area contributed by atoms with Gasteiger partial charge in [-0.2, -0.15) is 11.3 Å². The van der Waals surface area contributed by atoms with Crippen molar-refractivity contribution in [1.82, 2.24) is 10.2 Å². The minimum atomic E-state index is 0.243. The summed E-state index contributed by atoms with van der Waals surface area (Å²) in [6.45, 7) is 7.28. The molecule has 1 unspecified atom stereocenters. The van der Waals surface area contributed by atoms with E-state index in [9.17, 15) is 0 Å². The maximum Gasteiger partial charge on any atom is 0.0309 e. The smallest absolute Gasteiger partial charge is 0.0309 e. The Kier molecular flexibility index (Phi) is 4.23. The van der Waals surface area contributed by atoms with Gasteiger partial charge >= 0.3 is 0 Å². The fourth-order valence-corrected chi connectivity index (χ4v) is 3.54. The summed E-state index contributed by atoms with van der Waals surface area (Å²) in [5.41, 5.74) is 1.70. The van der Waals surface area contributed by atoms with E-state index in [0.29, 0.717) is 6.04 Å². The average molecular weight is 252 g/mol. The Morgan fingerprint density at radius 1 is 1.41 bits per heavy atom. The van der Waals surface area contributed by atoms with Crippen LogP contribution in [-0.2, 0) is 6.42 Å². The number of nitrogens with one attached hydrogen (secondary N) is 1. The van der Waals surface area contributed by atoms with Gasteiger partial charge in [0.15, 0.2) is 0 Å². The lowest BCUT2D eigenvalue weighted by Crippen LogP contribution is -2.56. The molecule has 2 nitrogen and oxygen atoms in total. The highest BCUT2D eigenvalue weighted by Crippen LogP contribution is 2.26. The van der Waals surface area contributed by atoms with Gasteiger partial charge in [0, 0.05) is 11.6 Å². The van der Waals surface area contributed by atoms with Crippen molar-refractivity contribution in [1.29, 1.82) is 0 Å². The third-order valence-corrected chi connectivity index (χ3v) is 4.87. The van der Waals surface area contributed by atoms with E-state index in [1.54, 1.807) is 11.3 Å². The molecule has 0 aromatic carbocycles. The third kappa shape index (κ3) is 2.90. The lowest BCUT2D eigenvalue weighted by atomic mass is 9.88. The van der Waals surface area contributed by atoms with Gasteiger partial charge < -0.3 is 5.32 Å². The second-order valence-corrected chi connectivity index (χ2v) is 6.30. The van der Waals surface area contributed by atoms with Crippen LogP contribution in [-0.4, -0.2) is 36.6 Å². The predicted molar refractivity (Wildman–Crippen MR) is 75.8 cm³/mol. The summed E-state index contributed by atoms with van der Waals surface area (Å²) in [5.74, 6) is 0. The quantitative estimate of drug-likeness (QED) is 0.867. The normalized spacial score (nSPS) is 19.7. The Hall–Kier alpha value is -0.380. The van der Waals surface area contributed by atoms with Crippen LogP contribution < -0.4 is 5.32 Å². The topological polar surface area (TPSA) is 15.3 Å². The van der Waals surface area contributed by atoms with Crippen LogP contribution in [0.1, 0.15) is 32.3 Å². The SMILES string of the molecule is CNC(Cc1ccsc1)C(C)(C)N1CCCC1. The second-order valence-electron chi connectivity index (χ2n) is 5.52. The largest absolute Gasteiger partial charge is 0.315 e. The zero-order valence-corrected chi connectivity index (χ0v) is 12.0. The second kappa shape index (κ2) is 5.51. The van der Waals surface area contributed by atoms with E-state index in [4.69, 9.17) is 0 Å². The molecule has 0 bridgehead atoms. The molecular weight excluding hydrogens is 228 g/mol. The van der Waals surface area contributed by atoms with Gasteiger partial charge in [0.1, 0.15) is 0 Å². The molecule has 2 rings (SSSR count). The molecule has 1 N–H and O–H groups in total. The molecule has 17 heavy (non-hydrogen) atoms. The number of likely N-dealkylation sites (tertiary alicyclic amines) is 1. The first kappa shape index (κ1) is 13.1. The highest BCUT2D eigenvalue weighted by atomic mass is 32.1. The van der Waals surface area contributed by atoms with Crippen molar-refractivity contribution in [2.75, 3.05) is 20.1 Å². The maximum atomic E-state index is 3.52. The zero-order chi connectivity index (χ0) is 12.3. The van der Waals surface area contributed by atoms with Gasteiger partial charge in [-0.05, 0) is 75.6 Å². The van der Waals surface area contributed by atoms with Gasteiger partial charge in [-0.1, -0.05) is 0 Å². The van der Waals surface area contributed by atoms with Crippen LogP contribution in [0.25, 0.3) is 0 Å². The van der Waals surface area contributed by atoms with Crippen molar-refractivity contribution in [3.05, 3.63) is 22.4 Å². The van der Waals surface area contributed by atoms with Crippen molar-refractivity contribution in [3.8, 4) is 0 Å². The van der Waals surface area contributed by atoms with Crippen LogP contribution >= 0.6 is 11.3 Å². The zero-order valence-electron chi connectivity index (χ0n) is 11.2. The molecule has 1 aliphatic heterocycles. The van der Waals surface area contributed by atoms with E-state index in [2.05, 4.69) is 47.9 Å². The van der Waals surface area contributed by atoms with Crippen molar-refractivity contribution in [2.24, 2.45) is 0 Å². The minimum Gasteiger partial charge on any atom is -0.315 e. The summed E-state index contributed by atoms with van der Waals surface area (Å²) in [6, 6.07) is 2.77. The molecule has 96 valence electrons. The van der Waals surface area contributed by atoms with Gasteiger partial charge in [-0.3, -0.25) is 4.90 Å². The fourth-order valence-electron chi connectivity index (χ4n) is 2.86. The Morgan fingerprint density at radius 2 is 2.12 bits per heavy atom. The third-order valence-electron chi connectivity index (χ3n) is 4.14. The number of rotatable bonds is 5. The summed E-state index contributed by atoms with van der Waals surface area (Å²) in [6.07, 6.45) is 3.85. The summed E-state index contributed by atoms with van der Waals surface area (Å²) in [5, 5.41) is 7.96. The van der Waals surface area contributed by atoms with E-state index in [1.165, 1.54) is 31.5 Å². The van der Waals surface area contributed by atoms with Crippen LogP contribution in [0, 0.1) is 0 Å². The van der Waals surface area contributed by atoms with Crippen LogP contribution in [0.4, 0.5) is 0 Å². The summed E-state index contributed by atoms with van der Waals surface area (Å²) < 4.78 is 0. The van der Waals surface area contributed by atoms with Gasteiger partial charge in [0.2, 0.25) is 0 Å². The Balaban J connectivity index is 2.05. The molecule has 1 aliphatic rings. The lowest BCUT2D eigenvalue weighted by Gasteiger charge is -2.42. The fraction of sp³-hybridized carbons (Fsp3) is 0.714. The van der Waals surface area contributed by atoms with E-state index >= 15 is 0 Å². The van der Waals surface area contributed by atoms with Gasteiger partial charge in [-0.15, -0.1) is 0 Å². The van der Waals surface area contributed by atoms with Crippen LogP contribution in [0.2, 0.25) is 0 Å². The van der Waals surface area contributed by atoms with Crippen molar-refractivity contribution in [3.63, 3.8) is 0 Å². The molecule has 0 saturated carbocycles. The number of hydrogen-bond donors (Lipinski definition) is 1. The van der Waals surface area contributed by atoms with Gasteiger partial charge in [-0.25, -0.2) is 0 Å². The van der Waals surface area contributed by atoms with E-state index in [0.717, 1.165) is 6.42 Å². The highest BCUT2D eigenvalue weighted by molar-refractivity contribution is 7.07. The molecule has 0 amide bonds. The minimum absolute atomic E-state index is 0.243. The number of likely N-dealkylation sites (N-methyl/N-ethyl adjacent to an activating group) is 1. The summed E-state index contributed by atoms with van der Waals surface area (Å²) in [4.78, 5) is 2.64. The molecule has 0 aliphatic carbocycles. The molecular formula is C14H24N2S. The number of nitrogens with zero attached hydrogens (tertiary/aromatic N) is 1. The molecule has 1 aromatic rings. The molecule has 3 heteroatoms. The summed E-state index contributed by atoms with van der Waals surface area (Å²) in [7, 11) is 2.09. The van der Waals surface area contributed by atoms with Gasteiger partial charge in [0.25, 0.3) is 0 Å². The molecule has 0 radical (unpaired) electrons. The van der Waals surface area contributed by atoms with Crippen molar-refractivity contribution < 1.29 is 0 Å². The molecule has 0 spiro atoms. The lowest BCUT2D eigenvalue weighted by molar-refractivity contribution is 0.110. The highest BCUT2D eigenvalue weighted by Gasteiger charge is 2.35. The number of hydrogen-bond acceptors (Lipinski definition) is 3. The van der Waals surface area contributed by atoms with Crippen LogP contribution in [0.5, 0.6) is 0 Å². The standard InChI is InChI=1S/C14H24N2S/c1-14(2,16-7-4-5-8-16)13(15-3)10-12-6-9-17-11-12/h6,9,11,13,15H,4-5,7-8,10H2,1-3H3. The Bertz CT molecular complexity index is 326. The summed E-state index contributed by atoms with van der Waals surface area (Å²) >= 11 is 1.79. The van der Waals surface area contributed by atoms with E-state index in [-0.39, 0.29) is 5.54 Å². The molecule has 1 saturated heterocycles. The van der Waals surface area contributed by atoms with Crippen molar-refractivity contribution >= 4 is 11.3 Å². The molecule has 1 aromatic heterocycles. The molecule has 1 atom stereocenters. The van der Waals surface area contributed by atoms with Gasteiger partial charge in [0.05, 0.1) is 0 Å². The Morgan fingerprint density at radius 3 is 2.65 bits per heavy atom. The maximum absolute atomic E-state index is 3.52. The first-order valence-electron chi connectivity index (χ1n) is 6.58. The van der Waals surface area contributed by atoms with Crippen LogP contribution in [0.3, 0.4) is 0 Å². The first-order chi connectivity index (χ1) is 8.14. The Labute approximate surface area is 109 Å². The monoisotopic (exact) mass is 252 g/mol.